The summed E-state index contributed by atoms with van der Waals surface area (Å²) in [5.74, 6) is -0.0113. The number of aryl methyl sites for hydroxylation is 1. The topological polar surface area (TPSA) is 49.3 Å². The fourth-order valence-corrected chi connectivity index (χ4v) is 3.21. The molecule has 0 spiro atoms. The van der Waals surface area contributed by atoms with Gasteiger partial charge in [0.2, 0.25) is 0 Å². The summed E-state index contributed by atoms with van der Waals surface area (Å²) < 4.78 is 0. The van der Waals surface area contributed by atoms with Gasteiger partial charge in [-0.05, 0) is 31.9 Å². The van der Waals surface area contributed by atoms with Crippen LogP contribution in [-0.4, -0.2) is 24.2 Å². The molecule has 3 nitrogen and oxygen atoms in total. The lowest BCUT2D eigenvalue weighted by Crippen LogP contribution is -2.38. The van der Waals surface area contributed by atoms with E-state index in [-0.39, 0.29) is 17.9 Å². The molecule has 1 aromatic rings. The monoisotopic (exact) mass is 253 g/mol. The molecule has 2 N–H and O–H groups in total. The third-order valence-corrected chi connectivity index (χ3v) is 4.59. The predicted molar refractivity (Wildman–Crippen MR) is 69.4 cm³/mol. The van der Waals surface area contributed by atoms with Crippen LogP contribution in [0.3, 0.4) is 0 Å². The minimum atomic E-state index is -0.0675. The highest BCUT2D eigenvalue weighted by molar-refractivity contribution is 7.13. The molecule has 1 aliphatic rings. The smallest absolute Gasteiger partial charge is 0.261 e. The molecule has 0 saturated heterocycles. The van der Waals surface area contributed by atoms with Crippen LogP contribution in [-0.2, 0) is 0 Å². The van der Waals surface area contributed by atoms with Gasteiger partial charge in [-0.3, -0.25) is 4.79 Å². The maximum atomic E-state index is 11.9. The quantitative estimate of drug-likeness (QED) is 0.865. The molecule has 1 fully saturated rings. The van der Waals surface area contributed by atoms with Gasteiger partial charge in [-0.15, -0.1) is 11.3 Å². The van der Waals surface area contributed by atoms with Gasteiger partial charge in [-0.2, -0.15) is 0 Å². The summed E-state index contributed by atoms with van der Waals surface area (Å²) >= 11 is 1.51. The standard InChI is InChI=1S/C13H19NO2S/c1-10-4-5-11(17-10)12(16)14-8-13(9-15)6-2-3-7-13/h4-5,15H,2-3,6-9H2,1H3,(H,14,16). The van der Waals surface area contributed by atoms with Crippen LogP contribution in [0.5, 0.6) is 0 Å². The van der Waals surface area contributed by atoms with Crippen LogP contribution in [0.15, 0.2) is 12.1 Å². The van der Waals surface area contributed by atoms with Gasteiger partial charge in [0.25, 0.3) is 5.91 Å². The van der Waals surface area contributed by atoms with Gasteiger partial charge in [-0.1, -0.05) is 12.8 Å². The zero-order valence-corrected chi connectivity index (χ0v) is 11.0. The van der Waals surface area contributed by atoms with E-state index in [2.05, 4.69) is 5.32 Å². The number of aliphatic hydroxyl groups excluding tert-OH is 1. The van der Waals surface area contributed by atoms with E-state index in [0.717, 1.165) is 35.4 Å². The number of hydrogen-bond donors (Lipinski definition) is 2. The summed E-state index contributed by atoms with van der Waals surface area (Å²) in [5.41, 5.74) is -0.0675. The van der Waals surface area contributed by atoms with Gasteiger partial charge in [0.1, 0.15) is 0 Å². The molecule has 0 aliphatic heterocycles. The van der Waals surface area contributed by atoms with Crippen molar-refractivity contribution < 1.29 is 9.90 Å². The molecule has 0 unspecified atom stereocenters. The summed E-state index contributed by atoms with van der Waals surface area (Å²) in [6.07, 6.45) is 4.36. The number of carbonyl (C=O) groups is 1. The normalized spacial score (nSPS) is 18.2. The van der Waals surface area contributed by atoms with E-state index in [1.807, 2.05) is 19.1 Å². The van der Waals surface area contributed by atoms with E-state index in [9.17, 15) is 9.90 Å². The molecule has 4 heteroatoms. The van der Waals surface area contributed by atoms with Crippen molar-refractivity contribution in [3.63, 3.8) is 0 Å². The van der Waals surface area contributed by atoms with Gasteiger partial charge >= 0.3 is 0 Å². The highest BCUT2D eigenvalue weighted by atomic mass is 32.1. The lowest BCUT2D eigenvalue weighted by molar-refractivity contribution is 0.0884. The maximum Gasteiger partial charge on any atom is 0.261 e. The minimum absolute atomic E-state index is 0.0113. The van der Waals surface area contributed by atoms with E-state index in [1.54, 1.807) is 0 Å². The van der Waals surface area contributed by atoms with E-state index in [0.29, 0.717) is 6.54 Å². The van der Waals surface area contributed by atoms with Crippen LogP contribution in [0, 0.1) is 12.3 Å². The molecule has 1 heterocycles. The molecule has 17 heavy (non-hydrogen) atoms. The number of thiophene rings is 1. The Kier molecular flexibility index (Phi) is 3.84. The molecule has 1 aliphatic carbocycles. The van der Waals surface area contributed by atoms with Gasteiger partial charge in [-0.25, -0.2) is 0 Å². The molecule has 0 bridgehead atoms. The van der Waals surface area contributed by atoms with Crippen molar-refractivity contribution in [1.82, 2.24) is 5.32 Å². The first-order valence-corrected chi connectivity index (χ1v) is 6.92. The van der Waals surface area contributed by atoms with Crippen molar-refractivity contribution in [3.05, 3.63) is 21.9 Å². The molecule has 2 rings (SSSR count). The zero-order valence-electron chi connectivity index (χ0n) is 10.2. The fourth-order valence-electron chi connectivity index (χ4n) is 2.43. The van der Waals surface area contributed by atoms with Crippen LogP contribution in [0.4, 0.5) is 0 Å². The van der Waals surface area contributed by atoms with Crippen molar-refractivity contribution in [2.24, 2.45) is 5.41 Å². The number of rotatable bonds is 4. The molecule has 1 saturated carbocycles. The van der Waals surface area contributed by atoms with Crippen LogP contribution in [0.25, 0.3) is 0 Å². The number of amides is 1. The lowest BCUT2D eigenvalue weighted by atomic mass is 9.87. The number of nitrogens with one attached hydrogen (secondary N) is 1. The summed E-state index contributed by atoms with van der Waals surface area (Å²) in [7, 11) is 0. The molecule has 1 aromatic heterocycles. The Hall–Kier alpha value is -0.870. The molecule has 94 valence electrons. The fraction of sp³-hybridized carbons (Fsp3) is 0.615. The highest BCUT2D eigenvalue weighted by Crippen LogP contribution is 2.36. The number of aliphatic hydroxyl groups is 1. The Balaban J connectivity index is 1.91. The van der Waals surface area contributed by atoms with E-state index < -0.39 is 0 Å². The van der Waals surface area contributed by atoms with Gasteiger partial charge in [0.15, 0.2) is 0 Å². The summed E-state index contributed by atoms with van der Waals surface area (Å²) in [5, 5.41) is 12.4. The second kappa shape index (κ2) is 5.19. The Labute approximate surface area is 106 Å². The van der Waals surface area contributed by atoms with E-state index >= 15 is 0 Å². The Morgan fingerprint density at radius 2 is 2.18 bits per heavy atom. The second-order valence-electron chi connectivity index (χ2n) is 4.96. The van der Waals surface area contributed by atoms with Crippen LogP contribution in [0.1, 0.15) is 40.2 Å². The van der Waals surface area contributed by atoms with Gasteiger partial charge < -0.3 is 10.4 Å². The van der Waals surface area contributed by atoms with E-state index in [4.69, 9.17) is 0 Å². The first-order valence-electron chi connectivity index (χ1n) is 6.11. The van der Waals surface area contributed by atoms with Crippen molar-refractivity contribution >= 4 is 17.2 Å². The van der Waals surface area contributed by atoms with Crippen LogP contribution < -0.4 is 5.32 Å². The minimum Gasteiger partial charge on any atom is -0.396 e. The molecular weight excluding hydrogens is 234 g/mol. The second-order valence-corrected chi connectivity index (χ2v) is 6.25. The van der Waals surface area contributed by atoms with Crippen LogP contribution >= 0.6 is 11.3 Å². The molecule has 0 atom stereocenters. The molecule has 0 radical (unpaired) electrons. The molecule has 1 amide bonds. The van der Waals surface area contributed by atoms with Crippen molar-refractivity contribution in [2.45, 2.75) is 32.6 Å². The molecular formula is C13H19NO2S. The Morgan fingerprint density at radius 1 is 1.47 bits per heavy atom. The number of hydrogen-bond acceptors (Lipinski definition) is 3. The third-order valence-electron chi connectivity index (χ3n) is 3.59. The molecule has 0 aromatic carbocycles. The van der Waals surface area contributed by atoms with Gasteiger partial charge in [0.05, 0.1) is 11.5 Å². The van der Waals surface area contributed by atoms with Crippen LogP contribution in [0.2, 0.25) is 0 Å². The summed E-state index contributed by atoms with van der Waals surface area (Å²) in [6, 6.07) is 3.81. The zero-order chi connectivity index (χ0) is 12.3. The van der Waals surface area contributed by atoms with E-state index in [1.165, 1.54) is 11.3 Å². The summed E-state index contributed by atoms with van der Waals surface area (Å²) in [4.78, 5) is 13.8. The summed E-state index contributed by atoms with van der Waals surface area (Å²) in [6.45, 7) is 2.77. The Morgan fingerprint density at radius 3 is 2.71 bits per heavy atom. The first kappa shape index (κ1) is 12.6. The first-order chi connectivity index (χ1) is 8.15. The third kappa shape index (κ3) is 2.87. The van der Waals surface area contributed by atoms with Crippen molar-refractivity contribution in [2.75, 3.05) is 13.2 Å². The van der Waals surface area contributed by atoms with Crippen molar-refractivity contribution in [1.29, 1.82) is 0 Å². The maximum absolute atomic E-state index is 11.9. The lowest BCUT2D eigenvalue weighted by Gasteiger charge is -2.26. The highest BCUT2D eigenvalue weighted by Gasteiger charge is 2.33. The predicted octanol–water partition coefficient (Wildman–Crippen LogP) is 2.34. The Bertz CT molecular complexity index is 394. The largest absolute Gasteiger partial charge is 0.396 e. The van der Waals surface area contributed by atoms with Gasteiger partial charge in [0, 0.05) is 16.8 Å². The average Bonchev–Trinajstić information content (AvgIpc) is 2.95. The number of carbonyl (C=O) groups excluding carboxylic acids is 1. The average molecular weight is 253 g/mol. The van der Waals surface area contributed by atoms with Crippen molar-refractivity contribution in [3.8, 4) is 0 Å². The SMILES string of the molecule is Cc1ccc(C(=O)NCC2(CO)CCCC2)s1.